The Morgan fingerprint density at radius 1 is 1.09 bits per heavy atom. The van der Waals surface area contributed by atoms with Crippen LogP contribution in [0.2, 0.25) is 0 Å². The third kappa shape index (κ3) is 8.75. The lowest BCUT2D eigenvalue weighted by molar-refractivity contribution is -0.297. The number of H-pyrrole nitrogens is 1. The van der Waals surface area contributed by atoms with Crippen molar-refractivity contribution >= 4 is 28.7 Å². The number of nitrogens with one attached hydrogen (secondary N) is 2. The Balaban J connectivity index is 1.56. The summed E-state index contributed by atoms with van der Waals surface area (Å²) >= 11 is 0. The summed E-state index contributed by atoms with van der Waals surface area (Å²) in [5.41, 5.74) is -0.600. The van der Waals surface area contributed by atoms with Crippen molar-refractivity contribution in [2.24, 2.45) is 23.7 Å². The number of para-hydroxylation sites is 1. The number of hydrogen-bond acceptors (Lipinski definition) is 11. The van der Waals surface area contributed by atoms with Crippen molar-refractivity contribution in [1.82, 2.24) is 15.2 Å². The van der Waals surface area contributed by atoms with Crippen LogP contribution in [0.4, 0.5) is 0 Å². The summed E-state index contributed by atoms with van der Waals surface area (Å²) in [6.07, 6.45) is 2.50. The number of benzene rings is 1. The predicted molar refractivity (Wildman–Crippen MR) is 203 cm³/mol. The number of ether oxygens (including phenoxy) is 5. The zero-order valence-electron chi connectivity index (χ0n) is 33.2. The average Bonchev–Trinajstić information content (AvgIpc) is 3.53. The second-order valence-electron chi connectivity index (χ2n) is 16.4. The van der Waals surface area contributed by atoms with Gasteiger partial charge in [-0.15, -0.1) is 0 Å². The van der Waals surface area contributed by atoms with Crippen LogP contribution >= 0.6 is 0 Å². The van der Waals surface area contributed by atoms with Gasteiger partial charge in [0.25, 0.3) is 0 Å². The molecule has 2 bridgehead atoms. The number of carbonyl (C=O) groups is 2. The molecule has 12 heteroatoms. The molecule has 5 rings (SSSR count). The number of rotatable bonds is 8. The molecule has 14 atom stereocenters. The van der Waals surface area contributed by atoms with Crippen molar-refractivity contribution in [3.63, 3.8) is 0 Å². The first-order valence-electron chi connectivity index (χ1n) is 19.3. The number of aromatic nitrogens is 1. The van der Waals surface area contributed by atoms with Crippen molar-refractivity contribution in [2.45, 2.75) is 135 Å². The summed E-state index contributed by atoms with van der Waals surface area (Å²) < 4.78 is 32.1. The molecule has 0 spiro atoms. The van der Waals surface area contributed by atoms with E-state index in [0.29, 0.717) is 19.3 Å². The molecule has 0 radical (unpaired) electrons. The molecule has 4 heterocycles. The van der Waals surface area contributed by atoms with Gasteiger partial charge in [-0.2, -0.15) is 0 Å². The molecule has 1 aromatic heterocycles. The molecule has 3 saturated heterocycles. The SMILES string of the molecule is CC[C@@H]1OC(=O)[C@H](C)C(=O)[C@H](C)[C@@H](O[C@@H]2O[C@H](C)C[C@H](N(C)C)[C@H]2O)[C@@](C)(OC/C=C/c2c[nH]c3ccccc23)C[C@@H](C)[C@@H]2NCO[C@H]([C@@H]2C)[C@]1(C)O. The van der Waals surface area contributed by atoms with Gasteiger partial charge in [0.15, 0.2) is 12.1 Å². The number of fused-ring (bicyclic) bond motifs is 3. The van der Waals surface area contributed by atoms with Crippen LogP contribution < -0.4 is 5.32 Å². The third-order valence-corrected chi connectivity index (χ3v) is 12.1. The van der Waals surface area contributed by atoms with Crippen LogP contribution in [0.15, 0.2) is 36.5 Å². The summed E-state index contributed by atoms with van der Waals surface area (Å²) in [6, 6.07) is 7.70. The maximum Gasteiger partial charge on any atom is 0.316 e. The van der Waals surface area contributed by atoms with Crippen LogP contribution in [0.3, 0.4) is 0 Å². The minimum absolute atomic E-state index is 0.0724. The smallest absolute Gasteiger partial charge is 0.316 e. The van der Waals surface area contributed by atoms with Crippen LogP contribution in [-0.2, 0) is 33.3 Å². The largest absolute Gasteiger partial charge is 0.459 e. The van der Waals surface area contributed by atoms with Gasteiger partial charge in [-0.25, -0.2) is 0 Å². The molecule has 296 valence electrons. The highest BCUT2D eigenvalue weighted by Gasteiger charge is 2.53. The molecule has 3 aliphatic rings. The van der Waals surface area contributed by atoms with E-state index >= 15 is 0 Å². The summed E-state index contributed by atoms with van der Waals surface area (Å²) in [6.45, 7) is 15.2. The minimum atomic E-state index is -1.52. The van der Waals surface area contributed by atoms with Crippen LogP contribution in [-0.4, -0.2) is 119 Å². The Labute approximate surface area is 314 Å². The molecule has 0 amide bonds. The topological polar surface area (TPSA) is 152 Å². The number of aliphatic hydroxyl groups excluding tert-OH is 1. The second kappa shape index (κ2) is 17.0. The Hall–Kier alpha value is -2.68. The van der Waals surface area contributed by atoms with Crippen molar-refractivity contribution in [3.05, 3.63) is 42.1 Å². The molecular formula is C41H63N3O9. The van der Waals surface area contributed by atoms with Crippen molar-refractivity contribution in [2.75, 3.05) is 27.4 Å². The normalized spacial score (nSPS) is 40.8. The van der Waals surface area contributed by atoms with E-state index in [9.17, 15) is 19.8 Å². The summed E-state index contributed by atoms with van der Waals surface area (Å²) in [5.74, 6) is -3.44. The van der Waals surface area contributed by atoms with Crippen LogP contribution in [0.25, 0.3) is 17.0 Å². The molecular weight excluding hydrogens is 678 g/mol. The van der Waals surface area contributed by atoms with Crippen LogP contribution in [0, 0.1) is 23.7 Å². The monoisotopic (exact) mass is 741 g/mol. The maximum absolute atomic E-state index is 14.4. The summed E-state index contributed by atoms with van der Waals surface area (Å²) in [5, 5.41) is 28.1. The molecule has 12 nitrogen and oxygen atoms in total. The fourth-order valence-corrected chi connectivity index (χ4v) is 9.14. The van der Waals surface area contributed by atoms with Gasteiger partial charge in [-0.05, 0) is 78.6 Å². The van der Waals surface area contributed by atoms with Crippen molar-refractivity contribution in [1.29, 1.82) is 0 Å². The number of likely N-dealkylation sites (N-methyl/N-ethyl adjacent to an activating group) is 1. The summed E-state index contributed by atoms with van der Waals surface area (Å²) in [4.78, 5) is 33.4. The van der Waals surface area contributed by atoms with Gasteiger partial charge >= 0.3 is 5.97 Å². The quantitative estimate of drug-likeness (QED) is 0.221. The molecule has 3 fully saturated rings. The maximum atomic E-state index is 14.4. The second-order valence-corrected chi connectivity index (χ2v) is 16.4. The molecule has 3 aliphatic heterocycles. The fourth-order valence-electron chi connectivity index (χ4n) is 9.14. The molecule has 1 aromatic carbocycles. The number of Topliss-reactive ketones (excluding diaryl/α,β-unsaturated/α-hetero) is 1. The van der Waals surface area contributed by atoms with Gasteiger partial charge in [0, 0.05) is 41.0 Å². The van der Waals surface area contributed by atoms with Crippen molar-refractivity contribution in [3.8, 4) is 0 Å². The van der Waals surface area contributed by atoms with Crippen LogP contribution in [0.1, 0.15) is 80.2 Å². The molecule has 53 heavy (non-hydrogen) atoms. The Morgan fingerprint density at radius 3 is 2.51 bits per heavy atom. The zero-order chi connectivity index (χ0) is 38.8. The number of aromatic amines is 1. The number of ketones is 1. The lowest BCUT2D eigenvalue weighted by Crippen LogP contribution is -2.64. The van der Waals surface area contributed by atoms with Gasteiger partial charge < -0.3 is 43.8 Å². The van der Waals surface area contributed by atoms with Gasteiger partial charge in [0.1, 0.15) is 23.7 Å². The molecule has 0 saturated carbocycles. The van der Waals surface area contributed by atoms with Crippen molar-refractivity contribution < 1.29 is 43.5 Å². The number of esters is 1. The lowest BCUT2D eigenvalue weighted by atomic mass is 9.72. The fraction of sp³-hybridized carbons (Fsp3) is 0.707. The Morgan fingerprint density at radius 2 is 1.81 bits per heavy atom. The Bertz CT molecular complexity index is 1580. The molecule has 2 aromatic rings. The van der Waals surface area contributed by atoms with E-state index in [1.807, 2.05) is 83.2 Å². The number of carbonyl (C=O) groups excluding carboxylic acids is 2. The zero-order valence-corrected chi connectivity index (χ0v) is 33.2. The van der Waals surface area contributed by atoms with E-state index in [4.69, 9.17) is 23.7 Å². The van der Waals surface area contributed by atoms with Gasteiger partial charge in [0.05, 0.1) is 37.3 Å². The highest BCUT2D eigenvalue weighted by atomic mass is 16.7. The van der Waals surface area contributed by atoms with E-state index in [0.717, 1.165) is 16.5 Å². The van der Waals surface area contributed by atoms with E-state index in [-0.39, 0.29) is 43.4 Å². The Kier molecular flexibility index (Phi) is 13.3. The number of nitrogens with zero attached hydrogens (tertiary/aromatic N) is 1. The van der Waals surface area contributed by atoms with Gasteiger partial charge in [-0.3, -0.25) is 14.9 Å². The first-order valence-corrected chi connectivity index (χ1v) is 19.3. The number of aliphatic hydroxyl groups is 2. The number of hydrogen-bond donors (Lipinski definition) is 4. The summed E-state index contributed by atoms with van der Waals surface area (Å²) in [7, 11) is 3.82. The predicted octanol–water partition coefficient (Wildman–Crippen LogP) is 4.67. The van der Waals surface area contributed by atoms with E-state index in [1.165, 1.54) is 6.92 Å². The molecule has 0 aliphatic carbocycles. The number of cyclic esters (lactones) is 1. The highest BCUT2D eigenvalue weighted by Crippen LogP contribution is 2.41. The standard InChI is InChI=1S/C41H63N3O9/c1-11-32-41(8,48)37-25(4)33(43-22-49-37)23(2)20-40(7,50-18-14-15-28-21-42-30-17-13-12-16-29(28)30)36(26(5)34(45)27(6)38(47)52-32)53-39-35(46)31(44(9)10)19-24(3)51-39/h12-17,21,23-27,31-33,35-37,39,42-43,46,48H,11,18-20,22H2,1-10H3/b15-14+/t23-,24-,25-,26+,27-,31+,32+,33+,35-,36-,37-,39+,40+,41-/m1/s1. The molecule has 4 N–H and O–H groups in total. The first-order chi connectivity index (χ1) is 25.0. The highest BCUT2D eigenvalue weighted by molar-refractivity contribution is 6.00. The lowest BCUT2D eigenvalue weighted by Gasteiger charge is -2.50. The molecule has 0 unspecified atom stereocenters. The van der Waals surface area contributed by atoms with Gasteiger partial charge in [0.2, 0.25) is 0 Å². The van der Waals surface area contributed by atoms with E-state index < -0.39 is 65.5 Å². The first kappa shape index (κ1) is 41.5. The average molecular weight is 742 g/mol. The van der Waals surface area contributed by atoms with E-state index in [2.05, 4.69) is 23.3 Å². The van der Waals surface area contributed by atoms with Gasteiger partial charge in [-0.1, -0.05) is 58.0 Å². The van der Waals surface area contributed by atoms with E-state index in [1.54, 1.807) is 13.8 Å². The minimum Gasteiger partial charge on any atom is -0.459 e. The third-order valence-electron chi connectivity index (χ3n) is 12.1. The van der Waals surface area contributed by atoms with Crippen LogP contribution in [0.5, 0.6) is 0 Å².